The van der Waals surface area contributed by atoms with Gasteiger partial charge >= 0.3 is 0 Å². The third-order valence-corrected chi connectivity index (χ3v) is 5.23. The van der Waals surface area contributed by atoms with Crippen LogP contribution >= 0.6 is 0 Å². The van der Waals surface area contributed by atoms with Gasteiger partial charge in [-0.1, -0.05) is 0 Å². The number of aryl methyl sites for hydroxylation is 2. The highest BCUT2D eigenvalue weighted by atomic mass is 16.3. The van der Waals surface area contributed by atoms with E-state index in [1.807, 2.05) is 6.92 Å². The minimum absolute atomic E-state index is 0.483. The van der Waals surface area contributed by atoms with Crippen LogP contribution in [0.2, 0.25) is 0 Å². The van der Waals surface area contributed by atoms with E-state index in [9.17, 15) is 0 Å². The molecule has 2 fully saturated rings. The van der Waals surface area contributed by atoms with E-state index in [0.29, 0.717) is 6.04 Å². The van der Waals surface area contributed by atoms with Crippen molar-refractivity contribution in [3.05, 3.63) is 23.2 Å². The van der Waals surface area contributed by atoms with Crippen molar-refractivity contribution in [1.29, 1.82) is 0 Å². The van der Waals surface area contributed by atoms with Gasteiger partial charge in [0.2, 0.25) is 0 Å². The summed E-state index contributed by atoms with van der Waals surface area (Å²) in [5, 5.41) is 3.70. The largest absolute Gasteiger partial charge is 0.466 e. The number of hydrogen-bond donors (Lipinski definition) is 1. The van der Waals surface area contributed by atoms with E-state index in [1.54, 1.807) is 0 Å². The van der Waals surface area contributed by atoms with Crippen LogP contribution in [0.3, 0.4) is 0 Å². The van der Waals surface area contributed by atoms with Gasteiger partial charge in [-0.15, -0.1) is 0 Å². The molecule has 3 unspecified atom stereocenters. The Morgan fingerprint density at radius 1 is 1.30 bits per heavy atom. The molecule has 1 aromatic heterocycles. The average Bonchev–Trinajstić information content (AvgIpc) is 3.08. The lowest BCUT2D eigenvalue weighted by Gasteiger charge is -2.39. The first-order chi connectivity index (χ1) is 9.65. The number of nitrogens with one attached hydrogen (secondary N) is 1. The molecule has 3 atom stereocenters. The van der Waals surface area contributed by atoms with Crippen LogP contribution in [0.1, 0.15) is 55.7 Å². The van der Waals surface area contributed by atoms with Crippen LogP contribution in [-0.4, -0.2) is 30.6 Å². The molecule has 0 aliphatic carbocycles. The molecule has 3 heteroatoms. The number of hydrogen-bond acceptors (Lipinski definition) is 3. The van der Waals surface area contributed by atoms with Gasteiger partial charge in [0.25, 0.3) is 0 Å². The molecule has 0 spiro atoms. The third kappa shape index (κ3) is 2.79. The van der Waals surface area contributed by atoms with Gasteiger partial charge in [-0.2, -0.15) is 0 Å². The molecule has 2 aliphatic heterocycles. The van der Waals surface area contributed by atoms with Gasteiger partial charge in [0, 0.05) is 24.2 Å². The van der Waals surface area contributed by atoms with Crippen molar-refractivity contribution in [3.63, 3.8) is 0 Å². The predicted octanol–water partition coefficient (Wildman–Crippen LogP) is 3.42. The van der Waals surface area contributed by atoms with Crippen LogP contribution in [0.5, 0.6) is 0 Å². The van der Waals surface area contributed by atoms with Crippen LogP contribution in [0, 0.1) is 19.8 Å². The predicted molar refractivity (Wildman–Crippen MR) is 81.9 cm³/mol. The lowest BCUT2D eigenvalue weighted by atomic mass is 9.88. The van der Waals surface area contributed by atoms with E-state index < -0.39 is 0 Å². The van der Waals surface area contributed by atoms with E-state index in [1.165, 1.54) is 50.9 Å². The summed E-state index contributed by atoms with van der Waals surface area (Å²) in [5.74, 6) is 2.97. The summed E-state index contributed by atoms with van der Waals surface area (Å²) in [5.41, 5.74) is 1.38. The first kappa shape index (κ1) is 14.2. The van der Waals surface area contributed by atoms with Crippen molar-refractivity contribution in [2.75, 3.05) is 19.6 Å². The van der Waals surface area contributed by atoms with E-state index in [2.05, 4.69) is 30.1 Å². The van der Waals surface area contributed by atoms with Crippen molar-refractivity contribution >= 4 is 0 Å². The highest BCUT2D eigenvalue weighted by Crippen LogP contribution is 2.32. The fourth-order valence-electron chi connectivity index (χ4n) is 4.10. The smallest absolute Gasteiger partial charge is 0.105 e. The minimum atomic E-state index is 0.483. The van der Waals surface area contributed by atoms with Gasteiger partial charge in [0.1, 0.15) is 11.5 Å². The van der Waals surface area contributed by atoms with Crippen LogP contribution in [0.25, 0.3) is 0 Å². The van der Waals surface area contributed by atoms with Gasteiger partial charge in [-0.3, -0.25) is 4.90 Å². The molecule has 0 amide bonds. The monoisotopic (exact) mass is 276 g/mol. The number of piperidine rings is 1. The van der Waals surface area contributed by atoms with E-state index >= 15 is 0 Å². The Bertz CT molecular complexity index is 448. The Balaban J connectivity index is 1.68. The zero-order valence-corrected chi connectivity index (χ0v) is 13.1. The van der Waals surface area contributed by atoms with Crippen molar-refractivity contribution in [2.45, 2.75) is 58.5 Å². The van der Waals surface area contributed by atoms with Gasteiger partial charge < -0.3 is 9.73 Å². The molecule has 0 radical (unpaired) electrons. The summed E-state index contributed by atoms with van der Waals surface area (Å²) in [6.45, 7) is 10.2. The number of nitrogens with zero attached hydrogens (tertiary/aromatic N) is 1. The molecule has 20 heavy (non-hydrogen) atoms. The zero-order valence-electron chi connectivity index (χ0n) is 13.1. The van der Waals surface area contributed by atoms with Gasteiger partial charge in [-0.25, -0.2) is 0 Å². The summed E-state index contributed by atoms with van der Waals surface area (Å²) < 4.78 is 5.71. The quantitative estimate of drug-likeness (QED) is 0.917. The molecule has 1 aromatic rings. The lowest BCUT2D eigenvalue weighted by Crippen LogP contribution is -2.44. The molecule has 2 aliphatic rings. The summed E-state index contributed by atoms with van der Waals surface area (Å²) in [6.07, 6.45) is 5.46. The Hall–Kier alpha value is -0.800. The third-order valence-electron chi connectivity index (χ3n) is 5.23. The number of furan rings is 1. The molecule has 0 bridgehead atoms. The fraction of sp³-hybridized carbons (Fsp3) is 0.765. The van der Waals surface area contributed by atoms with Crippen molar-refractivity contribution < 1.29 is 4.42 Å². The maximum atomic E-state index is 5.71. The van der Waals surface area contributed by atoms with Crippen LogP contribution in [0.4, 0.5) is 0 Å². The van der Waals surface area contributed by atoms with Crippen molar-refractivity contribution in [1.82, 2.24) is 10.2 Å². The van der Waals surface area contributed by atoms with Gasteiger partial charge in [0.05, 0.1) is 0 Å². The standard InChI is InChI=1S/C17H28N2O/c1-12-10-16(14(3)20-12)13(2)19-9-5-6-15(11-19)17-7-4-8-18-17/h10,13,15,17-18H,4-9,11H2,1-3H3. The van der Waals surface area contributed by atoms with Crippen molar-refractivity contribution in [2.24, 2.45) is 5.92 Å². The van der Waals surface area contributed by atoms with E-state index in [-0.39, 0.29) is 0 Å². The SMILES string of the molecule is Cc1cc(C(C)N2CCCC(C3CCCN3)C2)c(C)o1. The lowest BCUT2D eigenvalue weighted by molar-refractivity contribution is 0.114. The first-order valence-corrected chi connectivity index (χ1v) is 8.19. The highest BCUT2D eigenvalue weighted by Gasteiger charge is 2.31. The zero-order chi connectivity index (χ0) is 14.1. The normalized spacial score (nSPS) is 29.8. The van der Waals surface area contributed by atoms with Crippen LogP contribution in [-0.2, 0) is 0 Å². The molecule has 0 saturated carbocycles. The summed E-state index contributed by atoms with van der Waals surface area (Å²) in [7, 11) is 0. The van der Waals surface area contributed by atoms with Crippen LogP contribution in [0.15, 0.2) is 10.5 Å². The second kappa shape index (κ2) is 5.90. The number of rotatable bonds is 3. The van der Waals surface area contributed by atoms with E-state index in [4.69, 9.17) is 4.42 Å². The molecule has 1 N–H and O–H groups in total. The molecule has 3 rings (SSSR count). The molecular formula is C17H28N2O. The maximum absolute atomic E-state index is 5.71. The Morgan fingerprint density at radius 2 is 2.15 bits per heavy atom. The van der Waals surface area contributed by atoms with Crippen molar-refractivity contribution in [3.8, 4) is 0 Å². The molecule has 2 saturated heterocycles. The fourth-order valence-corrected chi connectivity index (χ4v) is 4.10. The second-order valence-corrected chi connectivity index (χ2v) is 6.64. The molecule has 112 valence electrons. The van der Waals surface area contributed by atoms with Crippen LogP contribution < -0.4 is 5.32 Å². The second-order valence-electron chi connectivity index (χ2n) is 6.64. The average molecular weight is 276 g/mol. The molecule has 3 heterocycles. The Kier molecular flexibility index (Phi) is 4.18. The maximum Gasteiger partial charge on any atom is 0.105 e. The Morgan fingerprint density at radius 3 is 2.80 bits per heavy atom. The summed E-state index contributed by atoms with van der Waals surface area (Å²) >= 11 is 0. The Labute approximate surface area is 122 Å². The molecule has 0 aromatic carbocycles. The summed E-state index contributed by atoms with van der Waals surface area (Å²) in [6, 6.07) is 3.46. The summed E-state index contributed by atoms with van der Waals surface area (Å²) in [4.78, 5) is 2.66. The van der Waals surface area contributed by atoms with Gasteiger partial charge in [0.15, 0.2) is 0 Å². The molecular weight excluding hydrogens is 248 g/mol. The molecule has 3 nitrogen and oxygen atoms in total. The number of likely N-dealkylation sites (tertiary alicyclic amines) is 1. The van der Waals surface area contributed by atoms with E-state index in [0.717, 1.165) is 23.5 Å². The highest BCUT2D eigenvalue weighted by molar-refractivity contribution is 5.23. The minimum Gasteiger partial charge on any atom is -0.466 e. The van der Waals surface area contributed by atoms with Gasteiger partial charge in [-0.05, 0) is 71.5 Å². The first-order valence-electron chi connectivity index (χ1n) is 8.19. The topological polar surface area (TPSA) is 28.4 Å².